The summed E-state index contributed by atoms with van der Waals surface area (Å²) >= 11 is 0. The van der Waals surface area contributed by atoms with Gasteiger partial charge in [0.2, 0.25) is 5.88 Å². The van der Waals surface area contributed by atoms with Crippen LogP contribution in [-0.2, 0) is 13.6 Å². The van der Waals surface area contributed by atoms with Gasteiger partial charge in [0, 0.05) is 19.8 Å². The molecule has 1 aliphatic heterocycles. The zero-order valence-electron chi connectivity index (χ0n) is 14.5. The van der Waals surface area contributed by atoms with Gasteiger partial charge in [-0.2, -0.15) is 0 Å². The Morgan fingerprint density at radius 1 is 1.15 bits per heavy atom. The normalized spacial score (nSPS) is 17.5. The molecule has 1 saturated heterocycles. The zero-order chi connectivity index (χ0) is 17.9. The average Bonchev–Trinajstić information content (AvgIpc) is 3.27. The van der Waals surface area contributed by atoms with Gasteiger partial charge in [0.15, 0.2) is 0 Å². The molecule has 1 aromatic carbocycles. The van der Waals surface area contributed by atoms with E-state index in [1.807, 2.05) is 24.1 Å². The number of hydrogen-bond acceptors (Lipinski definition) is 5. The van der Waals surface area contributed by atoms with E-state index in [1.54, 1.807) is 24.5 Å². The smallest absolute Gasteiger partial charge is 0.238 e. The second kappa shape index (κ2) is 7.21. The van der Waals surface area contributed by atoms with E-state index in [1.165, 1.54) is 17.8 Å². The van der Waals surface area contributed by atoms with Gasteiger partial charge in [-0.25, -0.2) is 14.4 Å². The van der Waals surface area contributed by atoms with E-state index in [0.29, 0.717) is 11.6 Å². The first-order chi connectivity index (χ1) is 12.7. The minimum Gasteiger partial charge on any atom is -0.437 e. The third-order valence-electron chi connectivity index (χ3n) is 4.65. The molecule has 0 radical (unpaired) electrons. The SMILES string of the molecule is Cn1cncc1CN1CCC[C@@H]1c1cncc(Oc2ccc(F)cc2)n1. The van der Waals surface area contributed by atoms with Gasteiger partial charge in [0.1, 0.15) is 11.6 Å². The molecular weight excluding hydrogens is 333 g/mol. The van der Waals surface area contributed by atoms with Crippen LogP contribution in [0, 0.1) is 5.82 Å². The second-order valence-electron chi connectivity index (χ2n) is 6.46. The molecule has 3 aromatic rings. The summed E-state index contributed by atoms with van der Waals surface area (Å²) < 4.78 is 20.8. The maximum atomic E-state index is 13.0. The van der Waals surface area contributed by atoms with Gasteiger partial charge in [-0.3, -0.25) is 9.88 Å². The monoisotopic (exact) mass is 353 g/mol. The highest BCUT2D eigenvalue weighted by atomic mass is 19.1. The molecule has 0 bridgehead atoms. The number of nitrogens with zero attached hydrogens (tertiary/aromatic N) is 5. The zero-order valence-corrected chi connectivity index (χ0v) is 14.5. The van der Waals surface area contributed by atoms with Crippen molar-refractivity contribution in [3.05, 3.63) is 66.4 Å². The molecule has 0 aliphatic carbocycles. The molecule has 1 atom stereocenters. The van der Waals surface area contributed by atoms with Gasteiger partial charge < -0.3 is 9.30 Å². The molecule has 2 aromatic heterocycles. The summed E-state index contributed by atoms with van der Waals surface area (Å²) in [5.41, 5.74) is 2.06. The summed E-state index contributed by atoms with van der Waals surface area (Å²) in [4.78, 5) is 15.5. The van der Waals surface area contributed by atoms with Crippen LogP contribution in [-0.4, -0.2) is 31.0 Å². The van der Waals surface area contributed by atoms with Crippen LogP contribution >= 0.6 is 0 Å². The Balaban J connectivity index is 1.51. The highest BCUT2D eigenvalue weighted by Gasteiger charge is 2.28. The van der Waals surface area contributed by atoms with Crippen molar-refractivity contribution in [2.24, 2.45) is 7.05 Å². The van der Waals surface area contributed by atoms with Crippen molar-refractivity contribution in [2.45, 2.75) is 25.4 Å². The number of aryl methyl sites for hydroxylation is 1. The van der Waals surface area contributed by atoms with Gasteiger partial charge >= 0.3 is 0 Å². The Morgan fingerprint density at radius 2 is 2.00 bits per heavy atom. The summed E-state index contributed by atoms with van der Waals surface area (Å²) in [5, 5.41) is 0. The molecule has 6 nitrogen and oxygen atoms in total. The Morgan fingerprint density at radius 3 is 2.77 bits per heavy atom. The summed E-state index contributed by atoms with van der Waals surface area (Å²) in [6.07, 6.45) is 9.24. The first-order valence-electron chi connectivity index (χ1n) is 8.63. The predicted molar refractivity (Wildman–Crippen MR) is 94.1 cm³/mol. The lowest BCUT2D eigenvalue weighted by Gasteiger charge is -2.24. The highest BCUT2D eigenvalue weighted by Crippen LogP contribution is 2.32. The number of hydrogen-bond donors (Lipinski definition) is 0. The minimum absolute atomic E-state index is 0.203. The summed E-state index contributed by atoms with van der Waals surface area (Å²) in [6.45, 7) is 1.84. The van der Waals surface area contributed by atoms with Crippen molar-refractivity contribution in [1.82, 2.24) is 24.4 Å². The van der Waals surface area contributed by atoms with E-state index in [4.69, 9.17) is 4.74 Å². The fourth-order valence-corrected chi connectivity index (χ4v) is 3.29. The molecule has 134 valence electrons. The molecule has 7 heteroatoms. The second-order valence-corrected chi connectivity index (χ2v) is 6.46. The number of benzene rings is 1. The van der Waals surface area contributed by atoms with Crippen molar-refractivity contribution in [1.29, 1.82) is 0 Å². The molecule has 1 fully saturated rings. The largest absolute Gasteiger partial charge is 0.437 e. The average molecular weight is 353 g/mol. The van der Waals surface area contributed by atoms with Crippen molar-refractivity contribution in [2.75, 3.05) is 6.54 Å². The van der Waals surface area contributed by atoms with E-state index in [-0.39, 0.29) is 11.9 Å². The maximum absolute atomic E-state index is 13.0. The van der Waals surface area contributed by atoms with E-state index in [9.17, 15) is 4.39 Å². The van der Waals surface area contributed by atoms with Crippen LogP contribution < -0.4 is 4.74 Å². The number of rotatable bonds is 5. The number of ether oxygens (including phenoxy) is 1. The Kier molecular flexibility index (Phi) is 4.62. The van der Waals surface area contributed by atoms with Crippen molar-refractivity contribution in [3.63, 3.8) is 0 Å². The lowest BCUT2D eigenvalue weighted by atomic mass is 10.1. The van der Waals surface area contributed by atoms with Gasteiger partial charge in [0.05, 0.1) is 36.2 Å². The first kappa shape index (κ1) is 16.7. The summed E-state index contributed by atoms with van der Waals surface area (Å²) in [5.74, 6) is 0.659. The minimum atomic E-state index is -0.297. The van der Waals surface area contributed by atoms with Crippen molar-refractivity contribution < 1.29 is 9.13 Å². The molecule has 0 unspecified atom stereocenters. The third-order valence-corrected chi connectivity index (χ3v) is 4.65. The van der Waals surface area contributed by atoms with Gasteiger partial charge in [-0.15, -0.1) is 0 Å². The van der Waals surface area contributed by atoms with Crippen molar-refractivity contribution in [3.8, 4) is 11.6 Å². The fraction of sp³-hybridized carbons (Fsp3) is 0.316. The van der Waals surface area contributed by atoms with Gasteiger partial charge in [-0.1, -0.05) is 0 Å². The van der Waals surface area contributed by atoms with Crippen LogP contribution in [0.15, 0.2) is 49.2 Å². The molecule has 1 aliphatic rings. The molecule has 0 N–H and O–H groups in total. The van der Waals surface area contributed by atoms with Crippen LogP contribution in [0.1, 0.15) is 30.3 Å². The lowest BCUT2D eigenvalue weighted by Crippen LogP contribution is -2.24. The Bertz CT molecular complexity index is 880. The van der Waals surface area contributed by atoms with Gasteiger partial charge in [0.25, 0.3) is 0 Å². The Labute approximate surface area is 151 Å². The van der Waals surface area contributed by atoms with Crippen LogP contribution in [0.25, 0.3) is 0 Å². The maximum Gasteiger partial charge on any atom is 0.238 e. The number of aromatic nitrogens is 4. The third kappa shape index (κ3) is 3.57. The van der Waals surface area contributed by atoms with E-state index >= 15 is 0 Å². The molecule has 3 heterocycles. The molecular formula is C19H20FN5O. The van der Waals surface area contributed by atoms with Crippen molar-refractivity contribution >= 4 is 0 Å². The number of likely N-dealkylation sites (tertiary alicyclic amines) is 1. The molecule has 0 saturated carbocycles. The van der Waals surface area contributed by atoms with Crippen LogP contribution in [0.4, 0.5) is 4.39 Å². The summed E-state index contributed by atoms with van der Waals surface area (Å²) in [7, 11) is 2.00. The number of halogens is 1. The van der Waals surface area contributed by atoms with Crippen LogP contribution in [0.3, 0.4) is 0 Å². The number of imidazole rings is 1. The van der Waals surface area contributed by atoms with E-state index in [0.717, 1.165) is 31.6 Å². The topological polar surface area (TPSA) is 56.1 Å². The highest BCUT2D eigenvalue weighted by molar-refractivity contribution is 5.27. The molecule has 0 amide bonds. The quantitative estimate of drug-likeness (QED) is 0.703. The first-order valence-corrected chi connectivity index (χ1v) is 8.63. The Hall–Kier alpha value is -2.80. The molecule has 26 heavy (non-hydrogen) atoms. The van der Waals surface area contributed by atoms with Crippen LogP contribution in [0.5, 0.6) is 11.6 Å². The van der Waals surface area contributed by atoms with E-state index < -0.39 is 0 Å². The van der Waals surface area contributed by atoms with Crippen LogP contribution in [0.2, 0.25) is 0 Å². The molecule has 0 spiro atoms. The lowest BCUT2D eigenvalue weighted by molar-refractivity contribution is 0.237. The van der Waals surface area contributed by atoms with Gasteiger partial charge in [-0.05, 0) is 43.7 Å². The summed E-state index contributed by atoms with van der Waals surface area (Å²) in [6, 6.07) is 6.08. The standard InChI is InChI=1S/C19H20FN5O/c1-24-13-22-9-15(24)12-25-8-2-3-18(25)17-10-21-11-19(23-17)26-16-6-4-14(20)5-7-16/h4-7,9-11,13,18H,2-3,8,12H2,1H3/t18-/m1/s1. The fourth-order valence-electron chi connectivity index (χ4n) is 3.29. The molecule has 4 rings (SSSR count). The predicted octanol–water partition coefficient (Wildman–Crippen LogP) is 3.48. The van der Waals surface area contributed by atoms with E-state index in [2.05, 4.69) is 19.9 Å².